The number of hydrogen-bond acceptors (Lipinski definition) is 7. The normalized spacial score (nSPS) is 18.5. The van der Waals surface area contributed by atoms with E-state index in [2.05, 4.69) is 16.0 Å². The highest BCUT2D eigenvalue weighted by molar-refractivity contribution is 5.79. The zero-order valence-electron chi connectivity index (χ0n) is 19.1. The summed E-state index contributed by atoms with van der Waals surface area (Å²) in [6, 6.07) is 8.36. The maximum Gasteiger partial charge on any atom is 0.331 e. The van der Waals surface area contributed by atoms with Crippen LogP contribution in [0.15, 0.2) is 47.7 Å². The molecular formula is C25H17F2N7O3. The maximum absolute atomic E-state index is 15.0. The Labute approximate surface area is 206 Å². The summed E-state index contributed by atoms with van der Waals surface area (Å²) in [7, 11) is 0. The van der Waals surface area contributed by atoms with Crippen LogP contribution < -0.4 is 10.4 Å². The molecule has 0 N–H and O–H groups in total. The van der Waals surface area contributed by atoms with Gasteiger partial charge in [0.15, 0.2) is 17.2 Å². The summed E-state index contributed by atoms with van der Waals surface area (Å²) in [5.74, 6) is -1.35. The van der Waals surface area contributed by atoms with Crippen LogP contribution in [0.1, 0.15) is 23.6 Å². The first-order chi connectivity index (χ1) is 18.0. The van der Waals surface area contributed by atoms with Crippen molar-refractivity contribution in [3.63, 3.8) is 0 Å². The fourth-order valence-corrected chi connectivity index (χ4v) is 4.92. The van der Waals surface area contributed by atoms with Gasteiger partial charge >= 0.3 is 5.69 Å². The predicted molar refractivity (Wildman–Crippen MR) is 125 cm³/mol. The Morgan fingerprint density at radius 3 is 2.78 bits per heavy atom. The molecule has 0 radical (unpaired) electrons. The third kappa shape index (κ3) is 3.31. The monoisotopic (exact) mass is 501 g/mol. The molecule has 7 rings (SSSR count). The fraction of sp³-hybridized carbons (Fsp3) is 0.240. The van der Waals surface area contributed by atoms with Gasteiger partial charge in [0.25, 0.3) is 0 Å². The van der Waals surface area contributed by atoms with E-state index >= 15 is 4.39 Å². The van der Waals surface area contributed by atoms with Crippen LogP contribution in [0.3, 0.4) is 0 Å². The highest BCUT2D eigenvalue weighted by Gasteiger charge is 2.34. The molecule has 0 bridgehead atoms. The zero-order chi connectivity index (χ0) is 25.3. The molecule has 5 heterocycles. The van der Waals surface area contributed by atoms with E-state index in [4.69, 9.17) is 14.5 Å². The lowest BCUT2D eigenvalue weighted by atomic mass is 9.99. The number of ether oxygens (including phenoxy) is 2. The lowest BCUT2D eigenvalue weighted by Crippen LogP contribution is -2.32. The van der Waals surface area contributed by atoms with Crippen LogP contribution in [0.2, 0.25) is 0 Å². The summed E-state index contributed by atoms with van der Waals surface area (Å²) in [5, 5.41) is 9.32. The number of aromatic nitrogens is 6. The Hall–Kier alpha value is -4.63. The second-order valence-corrected chi connectivity index (χ2v) is 8.95. The van der Waals surface area contributed by atoms with Crippen LogP contribution in [-0.2, 0) is 11.3 Å². The molecule has 0 amide bonds. The van der Waals surface area contributed by atoms with Gasteiger partial charge in [-0.15, -0.1) is 0 Å². The molecular weight excluding hydrogens is 484 g/mol. The molecule has 0 saturated carbocycles. The predicted octanol–water partition coefficient (Wildman–Crippen LogP) is 2.85. The second-order valence-electron chi connectivity index (χ2n) is 8.95. The van der Waals surface area contributed by atoms with E-state index in [9.17, 15) is 14.4 Å². The lowest BCUT2D eigenvalue weighted by Gasteiger charge is -2.27. The number of imidazole rings is 2. The molecule has 184 valence electrons. The topological polar surface area (TPSA) is 116 Å². The molecule has 10 nitrogen and oxygen atoms in total. The van der Waals surface area contributed by atoms with E-state index in [0.29, 0.717) is 28.7 Å². The molecule has 1 fully saturated rings. The van der Waals surface area contributed by atoms with Gasteiger partial charge in [-0.25, -0.2) is 23.5 Å². The van der Waals surface area contributed by atoms with E-state index in [0.717, 1.165) is 12.1 Å². The van der Waals surface area contributed by atoms with Crippen molar-refractivity contribution in [2.75, 3.05) is 13.2 Å². The number of nitriles is 1. The molecule has 1 saturated heterocycles. The van der Waals surface area contributed by atoms with Crippen LogP contribution in [0, 0.1) is 23.0 Å². The number of benzene rings is 2. The van der Waals surface area contributed by atoms with Gasteiger partial charge < -0.3 is 9.47 Å². The van der Waals surface area contributed by atoms with E-state index in [-0.39, 0.29) is 48.6 Å². The molecule has 3 aromatic heterocycles. The van der Waals surface area contributed by atoms with Crippen molar-refractivity contribution in [3.8, 4) is 17.8 Å². The first kappa shape index (κ1) is 21.6. The summed E-state index contributed by atoms with van der Waals surface area (Å²) < 4.78 is 44.9. The van der Waals surface area contributed by atoms with Gasteiger partial charge in [-0.2, -0.15) is 10.2 Å². The smallest absolute Gasteiger partial charge is 0.331 e. The zero-order valence-corrected chi connectivity index (χ0v) is 19.1. The first-order valence-corrected chi connectivity index (χ1v) is 11.6. The van der Waals surface area contributed by atoms with Crippen molar-refractivity contribution >= 4 is 22.2 Å². The molecule has 2 unspecified atom stereocenters. The SMILES string of the molecule is N#Cc1ccc2ncn(-c3ncc4c(n3)n(C3CCOc5c(F)ccc(F)c53)c(=O)n4CC3CO3)c2c1. The molecule has 2 atom stereocenters. The van der Waals surface area contributed by atoms with Crippen LogP contribution >= 0.6 is 0 Å². The molecule has 2 aliphatic heterocycles. The fourth-order valence-electron chi connectivity index (χ4n) is 4.92. The Balaban J connectivity index is 1.48. The minimum Gasteiger partial charge on any atom is -0.490 e. The minimum atomic E-state index is -0.844. The van der Waals surface area contributed by atoms with Crippen molar-refractivity contribution in [2.24, 2.45) is 0 Å². The van der Waals surface area contributed by atoms with Crippen molar-refractivity contribution in [2.45, 2.75) is 25.1 Å². The summed E-state index contributed by atoms with van der Waals surface area (Å²) in [5.41, 5.74) is 1.94. The van der Waals surface area contributed by atoms with Crippen molar-refractivity contribution in [3.05, 3.63) is 76.1 Å². The number of hydrogen-bond donors (Lipinski definition) is 0. The van der Waals surface area contributed by atoms with Crippen LogP contribution in [-0.4, -0.2) is 48.0 Å². The summed E-state index contributed by atoms with van der Waals surface area (Å²) in [6.45, 7) is 0.913. The Morgan fingerprint density at radius 2 is 1.97 bits per heavy atom. The molecule has 5 aromatic rings. The highest BCUT2D eigenvalue weighted by Crippen LogP contribution is 2.39. The minimum absolute atomic E-state index is 0.0259. The molecule has 12 heteroatoms. The highest BCUT2D eigenvalue weighted by atomic mass is 19.1. The van der Waals surface area contributed by atoms with E-state index in [1.54, 1.807) is 22.8 Å². The van der Waals surface area contributed by atoms with Crippen molar-refractivity contribution in [1.29, 1.82) is 5.26 Å². The van der Waals surface area contributed by atoms with E-state index < -0.39 is 23.4 Å². The molecule has 2 aliphatic rings. The number of fused-ring (bicyclic) bond motifs is 3. The third-order valence-electron chi connectivity index (χ3n) is 6.75. The first-order valence-electron chi connectivity index (χ1n) is 11.6. The number of rotatable bonds is 4. The van der Waals surface area contributed by atoms with Crippen molar-refractivity contribution in [1.82, 2.24) is 28.7 Å². The summed E-state index contributed by atoms with van der Waals surface area (Å²) in [6.07, 6.45) is 3.18. The van der Waals surface area contributed by atoms with Gasteiger partial charge in [-0.3, -0.25) is 13.7 Å². The second kappa shape index (κ2) is 7.94. The van der Waals surface area contributed by atoms with Gasteiger partial charge in [0.1, 0.15) is 17.7 Å². The molecule has 0 aliphatic carbocycles. The Morgan fingerprint density at radius 1 is 1.14 bits per heavy atom. The Kier molecular flexibility index (Phi) is 4.64. The summed E-state index contributed by atoms with van der Waals surface area (Å²) >= 11 is 0. The van der Waals surface area contributed by atoms with Gasteiger partial charge in [0.2, 0.25) is 5.95 Å². The maximum atomic E-state index is 15.0. The van der Waals surface area contributed by atoms with Crippen molar-refractivity contribution < 1.29 is 18.3 Å². The average Bonchev–Trinajstić information content (AvgIpc) is 3.58. The van der Waals surface area contributed by atoms with E-state index in [1.807, 2.05) is 0 Å². The molecule has 2 aromatic carbocycles. The standard InChI is InChI=1S/C25H17F2N7O3/c26-15-2-3-16(27)22-21(15)18(5-6-36-22)34-23-20(32(25(34)35)10-14-11-37-14)9-29-24(31-23)33-12-30-17-4-1-13(8-28)7-19(17)33/h1-4,7,9,12,14,18H,5-6,10-11H2. The lowest BCUT2D eigenvalue weighted by molar-refractivity contribution is 0.237. The Bertz CT molecular complexity index is 1830. The van der Waals surface area contributed by atoms with E-state index in [1.165, 1.54) is 21.7 Å². The van der Waals surface area contributed by atoms with Crippen LogP contribution in [0.4, 0.5) is 8.78 Å². The molecule has 0 spiro atoms. The van der Waals surface area contributed by atoms with Crippen LogP contribution in [0.5, 0.6) is 5.75 Å². The average molecular weight is 501 g/mol. The third-order valence-corrected chi connectivity index (χ3v) is 6.75. The number of halogens is 2. The van der Waals surface area contributed by atoms with Gasteiger partial charge in [0.05, 0.1) is 66.3 Å². The number of nitrogens with zero attached hydrogens (tertiary/aromatic N) is 7. The number of epoxide rings is 1. The quantitative estimate of drug-likeness (QED) is 0.348. The van der Waals surface area contributed by atoms with Gasteiger partial charge in [-0.05, 0) is 30.3 Å². The summed E-state index contributed by atoms with van der Waals surface area (Å²) in [4.78, 5) is 27.3. The molecule has 37 heavy (non-hydrogen) atoms. The van der Waals surface area contributed by atoms with Gasteiger partial charge in [0, 0.05) is 6.42 Å². The van der Waals surface area contributed by atoms with Gasteiger partial charge in [-0.1, -0.05) is 0 Å². The van der Waals surface area contributed by atoms with Crippen LogP contribution in [0.25, 0.3) is 28.1 Å². The largest absolute Gasteiger partial charge is 0.490 e.